The Kier molecular flexibility index (Phi) is 3.62. The molecule has 1 atom stereocenters. The zero-order valence-electron chi connectivity index (χ0n) is 10.6. The van der Waals surface area contributed by atoms with Gasteiger partial charge in [-0.2, -0.15) is 0 Å². The number of para-hydroxylation sites is 1. The van der Waals surface area contributed by atoms with Crippen LogP contribution in [0.1, 0.15) is 17.3 Å². The van der Waals surface area contributed by atoms with E-state index in [0.29, 0.717) is 10.0 Å². The second-order valence-corrected chi connectivity index (χ2v) is 5.42. The fourth-order valence-corrected chi connectivity index (χ4v) is 2.58. The Morgan fingerprint density at radius 2 is 1.75 bits per heavy atom. The monoisotopic (exact) mass is 302 g/mol. The summed E-state index contributed by atoms with van der Waals surface area (Å²) in [5.41, 5.74) is 8.74. The minimum atomic E-state index is -0.397. The molecule has 4 heteroatoms. The molecule has 0 aliphatic rings. The fraction of sp³-hybridized carbons (Fsp3) is 0.0625. The molecule has 3 aromatic rings. The molecule has 3 rings (SSSR count). The maximum Gasteiger partial charge on any atom is 0.0741 e. The van der Waals surface area contributed by atoms with Crippen molar-refractivity contribution in [1.82, 2.24) is 4.98 Å². The van der Waals surface area contributed by atoms with Crippen LogP contribution in [0.5, 0.6) is 0 Å². The summed E-state index contributed by atoms with van der Waals surface area (Å²) in [5.74, 6) is 0. The normalized spacial score (nSPS) is 12.6. The molecule has 2 N–H and O–H groups in total. The topological polar surface area (TPSA) is 38.9 Å². The van der Waals surface area contributed by atoms with E-state index in [9.17, 15) is 0 Å². The van der Waals surface area contributed by atoms with E-state index in [4.69, 9.17) is 28.9 Å². The Balaban J connectivity index is 2.07. The van der Waals surface area contributed by atoms with Crippen molar-refractivity contribution >= 4 is 34.1 Å². The SMILES string of the molecule is NC(c1ccc2ccccc2n1)c1cc(Cl)ccc1Cl. The molecule has 2 aromatic carbocycles. The molecule has 0 aliphatic carbocycles. The van der Waals surface area contributed by atoms with E-state index in [1.165, 1.54) is 0 Å². The second-order valence-electron chi connectivity index (χ2n) is 4.57. The van der Waals surface area contributed by atoms with Gasteiger partial charge in [0.1, 0.15) is 0 Å². The van der Waals surface area contributed by atoms with Gasteiger partial charge in [0.25, 0.3) is 0 Å². The Morgan fingerprint density at radius 3 is 2.60 bits per heavy atom. The fourth-order valence-electron chi connectivity index (χ4n) is 2.17. The molecular formula is C16H12Cl2N2. The number of hydrogen-bond acceptors (Lipinski definition) is 2. The first kappa shape index (κ1) is 13.4. The number of rotatable bonds is 2. The van der Waals surface area contributed by atoms with E-state index in [1.807, 2.05) is 36.4 Å². The summed E-state index contributed by atoms with van der Waals surface area (Å²) in [6, 6.07) is 16.7. The summed E-state index contributed by atoms with van der Waals surface area (Å²) >= 11 is 12.2. The minimum Gasteiger partial charge on any atom is -0.319 e. The number of aromatic nitrogens is 1. The van der Waals surface area contributed by atoms with E-state index in [0.717, 1.165) is 22.2 Å². The van der Waals surface area contributed by atoms with Gasteiger partial charge >= 0.3 is 0 Å². The summed E-state index contributed by atoms with van der Waals surface area (Å²) in [5, 5.41) is 2.29. The molecule has 0 bridgehead atoms. The van der Waals surface area contributed by atoms with Crippen molar-refractivity contribution in [2.24, 2.45) is 5.73 Å². The highest BCUT2D eigenvalue weighted by atomic mass is 35.5. The van der Waals surface area contributed by atoms with Crippen LogP contribution in [-0.4, -0.2) is 4.98 Å². The summed E-state index contributed by atoms with van der Waals surface area (Å²) in [4.78, 5) is 4.60. The number of pyridine rings is 1. The third-order valence-electron chi connectivity index (χ3n) is 3.23. The number of halogens is 2. The second kappa shape index (κ2) is 5.41. The van der Waals surface area contributed by atoms with Crippen LogP contribution in [0.2, 0.25) is 10.0 Å². The third-order valence-corrected chi connectivity index (χ3v) is 3.81. The first-order chi connectivity index (χ1) is 9.65. The standard InChI is InChI=1S/C16H12Cl2N2/c17-11-6-7-13(18)12(9-11)16(19)15-8-5-10-3-1-2-4-14(10)20-15/h1-9,16H,19H2. The summed E-state index contributed by atoms with van der Waals surface area (Å²) in [6.45, 7) is 0. The van der Waals surface area contributed by atoms with Gasteiger partial charge in [0.2, 0.25) is 0 Å². The van der Waals surface area contributed by atoms with Crippen molar-refractivity contribution in [2.45, 2.75) is 6.04 Å². The van der Waals surface area contributed by atoms with Crippen molar-refractivity contribution in [3.05, 3.63) is 75.9 Å². The van der Waals surface area contributed by atoms with Crippen molar-refractivity contribution < 1.29 is 0 Å². The molecule has 0 saturated carbocycles. The number of fused-ring (bicyclic) bond motifs is 1. The van der Waals surface area contributed by atoms with Gasteiger partial charge in [-0.15, -0.1) is 0 Å². The highest BCUT2D eigenvalue weighted by Crippen LogP contribution is 2.29. The summed E-state index contributed by atoms with van der Waals surface area (Å²) in [7, 11) is 0. The van der Waals surface area contributed by atoms with Gasteiger partial charge in [0.05, 0.1) is 17.3 Å². The van der Waals surface area contributed by atoms with Gasteiger partial charge in [0.15, 0.2) is 0 Å². The third kappa shape index (κ3) is 2.50. The lowest BCUT2D eigenvalue weighted by molar-refractivity contribution is 0.836. The molecule has 0 saturated heterocycles. The van der Waals surface area contributed by atoms with Gasteiger partial charge in [-0.05, 0) is 35.9 Å². The molecular weight excluding hydrogens is 291 g/mol. The lowest BCUT2D eigenvalue weighted by atomic mass is 10.0. The van der Waals surface area contributed by atoms with E-state index >= 15 is 0 Å². The Bertz CT molecular complexity index is 771. The Morgan fingerprint density at radius 1 is 0.950 bits per heavy atom. The number of benzene rings is 2. The van der Waals surface area contributed by atoms with E-state index < -0.39 is 6.04 Å². The van der Waals surface area contributed by atoms with Gasteiger partial charge in [-0.1, -0.05) is 47.5 Å². The largest absolute Gasteiger partial charge is 0.319 e. The molecule has 1 aromatic heterocycles. The maximum absolute atomic E-state index is 6.27. The van der Waals surface area contributed by atoms with Crippen LogP contribution < -0.4 is 5.73 Å². The molecule has 2 nitrogen and oxygen atoms in total. The number of nitrogens with zero attached hydrogens (tertiary/aromatic N) is 1. The molecule has 0 spiro atoms. The van der Waals surface area contributed by atoms with Crippen molar-refractivity contribution in [1.29, 1.82) is 0 Å². The molecule has 100 valence electrons. The molecule has 0 fully saturated rings. The average molecular weight is 303 g/mol. The summed E-state index contributed by atoms with van der Waals surface area (Å²) in [6.07, 6.45) is 0. The average Bonchev–Trinajstić information content (AvgIpc) is 2.48. The quantitative estimate of drug-likeness (QED) is 0.752. The van der Waals surface area contributed by atoms with Gasteiger partial charge in [-0.25, -0.2) is 0 Å². The number of nitrogens with two attached hydrogens (primary N) is 1. The van der Waals surface area contributed by atoms with Crippen LogP contribution in [0.3, 0.4) is 0 Å². The first-order valence-electron chi connectivity index (χ1n) is 6.21. The first-order valence-corrected chi connectivity index (χ1v) is 6.97. The molecule has 0 aliphatic heterocycles. The summed E-state index contributed by atoms with van der Waals surface area (Å²) < 4.78 is 0. The predicted molar refractivity (Wildman–Crippen MR) is 84.2 cm³/mol. The molecule has 20 heavy (non-hydrogen) atoms. The predicted octanol–water partition coefficient (Wildman–Crippen LogP) is 4.59. The Hall–Kier alpha value is -1.61. The van der Waals surface area contributed by atoms with Crippen LogP contribution in [0.25, 0.3) is 10.9 Å². The highest BCUT2D eigenvalue weighted by Gasteiger charge is 2.14. The van der Waals surface area contributed by atoms with E-state index in [-0.39, 0.29) is 0 Å². The van der Waals surface area contributed by atoms with Crippen molar-refractivity contribution in [3.63, 3.8) is 0 Å². The minimum absolute atomic E-state index is 0.397. The van der Waals surface area contributed by atoms with Crippen LogP contribution in [0.4, 0.5) is 0 Å². The Labute approximate surface area is 127 Å². The van der Waals surface area contributed by atoms with Crippen LogP contribution >= 0.6 is 23.2 Å². The lowest BCUT2D eigenvalue weighted by Crippen LogP contribution is -2.14. The number of hydrogen-bond donors (Lipinski definition) is 1. The van der Waals surface area contributed by atoms with Crippen LogP contribution in [0.15, 0.2) is 54.6 Å². The van der Waals surface area contributed by atoms with Crippen molar-refractivity contribution in [3.8, 4) is 0 Å². The van der Waals surface area contributed by atoms with Crippen LogP contribution in [0, 0.1) is 0 Å². The van der Waals surface area contributed by atoms with E-state index in [1.54, 1.807) is 18.2 Å². The lowest BCUT2D eigenvalue weighted by Gasteiger charge is -2.14. The molecule has 1 heterocycles. The smallest absolute Gasteiger partial charge is 0.0741 e. The van der Waals surface area contributed by atoms with E-state index in [2.05, 4.69) is 4.98 Å². The maximum atomic E-state index is 6.27. The van der Waals surface area contributed by atoms with Gasteiger partial charge < -0.3 is 5.73 Å². The van der Waals surface area contributed by atoms with Crippen molar-refractivity contribution in [2.75, 3.05) is 0 Å². The van der Waals surface area contributed by atoms with Crippen LogP contribution in [-0.2, 0) is 0 Å². The molecule has 1 unspecified atom stereocenters. The highest BCUT2D eigenvalue weighted by molar-refractivity contribution is 6.33. The zero-order chi connectivity index (χ0) is 14.1. The van der Waals surface area contributed by atoms with Gasteiger partial charge in [-0.3, -0.25) is 4.98 Å². The van der Waals surface area contributed by atoms with Gasteiger partial charge in [0, 0.05) is 15.4 Å². The zero-order valence-corrected chi connectivity index (χ0v) is 12.1. The molecule has 0 amide bonds. The molecule has 0 radical (unpaired) electrons.